The normalized spacial score (nSPS) is 16.9. The van der Waals surface area contributed by atoms with Crippen molar-refractivity contribution < 1.29 is 9.84 Å². The summed E-state index contributed by atoms with van der Waals surface area (Å²) in [6.07, 6.45) is 5.29. The van der Waals surface area contributed by atoms with Crippen molar-refractivity contribution in [2.75, 3.05) is 0 Å². The van der Waals surface area contributed by atoms with Crippen LogP contribution in [0, 0.1) is 6.92 Å². The smallest absolute Gasteiger partial charge is 0.122 e. The molecule has 0 amide bonds. The van der Waals surface area contributed by atoms with Crippen LogP contribution in [0.25, 0.3) is 0 Å². The van der Waals surface area contributed by atoms with Gasteiger partial charge in [-0.2, -0.15) is 0 Å². The Hall–Kier alpha value is -1.02. The summed E-state index contributed by atoms with van der Waals surface area (Å²) in [5.41, 5.74) is 2.08. The molecule has 2 nitrogen and oxygen atoms in total. The van der Waals surface area contributed by atoms with E-state index in [4.69, 9.17) is 9.84 Å². The predicted octanol–water partition coefficient (Wildman–Crippen LogP) is 2.81. The molecule has 1 fully saturated rings. The standard InChI is InChI=1S/C13H18O2/c1-10-6-7-11(9-14)8-13(10)15-12-4-2-3-5-12/h6-8,12,14H,2-5,9H2,1H3. The molecule has 0 aromatic heterocycles. The van der Waals surface area contributed by atoms with Gasteiger partial charge >= 0.3 is 0 Å². The molecule has 0 heterocycles. The van der Waals surface area contributed by atoms with Crippen molar-refractivity contribution in [1.82, 2.24) is 0 Å². The quantitative estimate of drug-likeness (QED) is 0.824. The van der Waals surface area contributed by atoms with Crippen LogP contribution in [0.2, 0.25) is 0 Å². The third-order valence-corrected chi connectivity index (χ3v) is 3.03. The molecule has 0 aliphatic heterocycles. The van der Waals surface area contributed by atoms with E-state index in [1.165, 1.54) is 25.7 Å². The summed E-state index contributed by atoms with van der Waals surface area (Å²) >= 11 is 0. The van der Waals surface area contributed by atoms with Crippen LogP contribution in [0.3, 0.4) is 0 Å². The third-order valence-electron chi connectivity index (χ3n) is 3.03. The van der Waals surface area contributed by atoms with Gasteiger partial charge in [0.05, 0.1) is 12.7 Å². The average Bonchev–Trinajstić information content (AvgIpc) is 2.74. The fraction of sp³-hybridized carbons (Fsp3) is 0.538. The summed E-state index contributed by atoms with van der Waals surface area (Å²) < 4.78 is 5.94. The summed E-state index contributed by atoms with van der Waals surface area (Å²) in [5, 5.41) is 9.06. The maximum atomic E-state index is 9.06. The highest BCUT2D eigenvalue weighted by molar-refractivity contribution is 5.36. The molecular weight excluding hydrogens is 188 g/mol. The Morgan fingerprint density at radius 3 is 2.73 bits per heavy atom. The lowest BCUT2D eigenvalue weighted by Crippen LogP contribution is -2.11. The first kappa shape index (κ1) is 10.5. The highest BCUT2D eigenvalue weighted by Gasteiger charge is 2.17. The van der Waals surface area contributed by atoms with E-state index in [0.29, 0.717) is 6.10 Å². The second-order valence-corrected chi connectivity index (χ2v) is 4.28. The minimum Gasteiger partial charge on any atom is -0.490 e. The van der Waals surface area contributed by atoms with E-state index in [-0.39, 0.29) is 6.61 Å². The summed E-state index contributed by atoms with van der Waals surface area (Å²) in [6.45, 7) is 2.13. The maximum Gasteiger partial charge on any atom is 0.122 e. The molecule has 2 heteroatoms. The second-order valence-electron chi connectivity index (χ2n) is 4.28. The third kappa shape index (κ3) is 2.51. The number of aliphatic hydroxyl groups excluding tert-OH is 1. The van der Waals surface area contributed by atoms with Gasteiger partial charge in [0.2, 0.25) is 0 Å². The van der Waals surface area contributed by atoms with E-state index < -0.39 is 0 Å². The van der Waals surface area contributed by atoms with Gasteiger partial charge in [-0.25, -0.2) is 0 Å². The first-order valence-corrected chi connectivity index (χ1v) is 5.66. The molecule has 1 aromatic carbocycles. The maximum absolute atomic E-state index is 9.06. The molecule has 82 valence electrons. The van der Waals surface area contributed by atoms with Crippen LogP contribution < -0.4 is 4.74 Å². The highest BCUT2D eigenvalue weighted by atomic mass is 16.5. The van der Waals surface area contributed by atoms with Gasteiger partial charge in [-0.15, -0.1) is 0 Å². The Balaban J connectivity index is 2.11. The van der Waals surface area contributed by atoms with E-state index in [1.54, 1.807) is 0 Å². The predicted molar refractivity (Wildman–Crippen MR) is 60.0 cm³/mol. The van der Waals surface area contributed by atoms with Gasteiger partial charge in [0.15, 0.2) is 0 Å². The molecule has 0 unspecified atom stereocenters. The van der Waals surface area contributed by atoms with Crippen molar-refractivity contribution in [3.05, 3.63) is 29.3 Å². The minimum atomic E-state index is 0.0846. The lowest BCUT2D eigenvalue weighted by molar-refractivity contribution is 0.207. The van der Waals surface area contributed by atoms with Crippen molar-refractivity contribution in [1.29, 1.82) is 0 Å². The molecular formula is C13H18O2. The molecule has 1 aliphatic rings. The van der Waals surface area contributed by atoms with Crippen LogP contribution in [0.1, 0.15) is 36.8 Å². The Bertz CT molecular complexity index is 327. The fourth-order valence-electron chi connectivity index (χ4n) is 2.06. The Morgan fingerprint density at radius 1 is 1.33 bits per heavy atom. The summed E-state index contributed by atoms with van der Waals surface area (Å²) in [5.74, 6) is 0.938. The van der Waals surface area contributed by atoms with Crippen LogP contribution >= 0.6 is 0 Å². The van der Waals surface area contributed by atoms with Crippen molar-refractivity contribution in [3.8, 4) is 5.75 Å². The molecule has 0 saturated heterocycles. The monoisotopic (exact) mass is 206 g/mol. The molecule has 0 atom stereocenters. The van der Waals surface area contributed by atoms with Crippen molar-refractivity contribution >= 4 is 0 Å². The summed E-state index contributed by atoms with van der Waals surface area (Å²) in [6, 6.07) is 5.90. The van der Waals surface area contributed by atoms with E-state index in [1.807, 2.05) is 25.1 Å². The molecule has 15 heavy (non-hydrogen) atoms. The number of benzene rings is 1. The zero-order valence-electron chi connectivity index (χ0n) is 9.20. The Labute approximate surface area is 90.9 Å². The first-order chi connectivity index (χ1) is 7.29. The number of aliphatic hydroxyl groups is 1. The highest BCUT2D eigenvalue weighted by Crippen LogP contribution is 2.27. The van der Waals surface area contributed by atoms with Crippen LogP contribution in [0.5, 0.6) is 5.75 Å². The fourth-order valence-corrected chi connectivity index (χ4v) is 2.06. The number of aryl methyl sites for hydroxylation is 1. The summed E-state index contributed by atoms with van der Waals surface area (Å²) in [4.78, 5) is 0. The molecule has 0 bridgehead atoms. The van der Waals surface area contributed by atoms with Gasteiger partial charge in [-0.1, -0.05) is 12.1 Å². The van der Waals surface area contributed by atoms with Gasteiger partial charge in [0.1, 0.15) is 5.75 Å². The van der Waals surface area contributed by atoms with E-state index in [2.05, 4.69) is 0 Å². The van der Waals surface area contributed by atoms with Gasteiger partial charge in [-0.3, -0.25) is 0 Å². The number of hydrogen-bond acceptors (Lipinski definition) is 2. The van der Waals surface area contributed by atoms with Gasteiger partial charge in [0, 0.05) is 0 Å². The van der Waals surface area contributed by atoms with Crippen LogP contribution in [0.4, 0.5) is 0 Å². The lowest BCUT2D eigenvalue weighted by Gasteiger charge is -2.15. The molecule has 1 aliphatic carbocycles. The summed E-state index contributed by atoms with van der Waals surface area (Å²) in [7, 11) is 0. The number of ether oxygens (including phenoxy) is 1. The van der Waals surface area contributed by atoms with Crippen LogP contribution in [0.15, 0.2) is 18.2 Å². The molecule has 2 rings (SSSR count). The zero-order chi connectivity index (χ0) is 10.7. The number of hydrogen-bond donors (Lipinski definition) is 1. The van der Waals surface area contributed by atoms with E-state index in [0.717, 1.165) is 16.9 Å². The molecule has 1 aromatic rings. The lowest BCUT2D eigenvalue weighted by atomic mass is 10.1. The van der Waals surface area contributed by atoms with Crippen LogP contribution in [-0.2, 0) is 6.61 Å². The molecule has 0 spiro atoms. The molecule has 0 radical (unpaired) electrons. The zero-order valence-corrected chi connectivity index (χ0v) is 9.20. The largest absolute Gasteiger partial charge is 0.490 e. The topological polar surface area (TPSA) is 29.5 Å². The van der Waals surface area contributed by atoms with E-state index in [9.17, 15) is 0 Å². The average molecular weight is 206 g/mol. The van der Waals surface area contributed by atoms with Crippen LogP contribution in [-0.4, -0.2) is 11.2 Å². The van der Waals surface area contributed by atoms with Gasteiger partial charge < -0.3 is 9.84 Å². The Kier molecular flexibility index (Phi) is 3.27. The van der Waals surface area contributed by atoms with Gasteiger partial charge in [-0.05, 0) is 49.8 Å². The van der Waals surface area contributed by atoms with Crippen molar-refractivity contribution in [2.45, 2.75) is 45.3 Å². The molecule has 1 N–H and O–H groups in total. The second kappa shape index (κ2) is 4.67. The minimum absolute atomic E-state index is 0.0846. The first-order valence-electron chi connectivity index (χ1n) is 5.66. The van der Waals surface area contributed by atoms with Gasteiger partial charge in [0.25, 0.3) is 0 Å². The number of rotatable bonds is 3. The SMILES string of the molecule is Cc1ccc(CO)cc1OC1CCCC1. The van der Waals surface area contributed by atoms with Crippen molar-refractivity contribution in [2.24, 2.45) is 0 Å². The Morgan fingerprint density at radius 2 is 2.07 bits per heavy atom. The molecule has 1 saturated carbocycles. The van der Waals surface area contributed by atoms with E-state index >= 15 is 0 Å². The van der Waals surface area contributed by atoms with Crippen molar-refractivity contribution in [3.63, 3.8) is 0 Å².